The minimum absolute atomic E-state index is 0.384. The van der Waals surface area contributed by atoms with E-state index in [1.54, 1.807) is 7.11 Å². The molecule has 0 saturated heterocycles. The van der Waals surface area contributed by atoms with Gasteiger partial charge in [0.15, 0.2) is 0 Å². The van der Waals surface area contributed by atoms with Crippen molar-refractivity contribution in [2.45, 2.75) is 19.1 Å². The number of benzene rings is 1. The number of hydrogen-bond donors (Lipinski definition) is 3. The molecule has 0 bridgehead atoms. The second-order valence-electron chi connectivity index (χ2n) is 4.43. The first-order valence-electron chi connectivity index (χ1n) is 6.24. The molecule has 18 heavy (non-hydrogen) atoms. The van der Waals surface area contributed by atoms with Crippen LogP contribution in [0.3, 0.4) is 0 Å². The van der Waals surface area contributed by atoms with Crippen molar-refractivity contribution in [2.24, 2.45) is 0 Å². The molecule has 1 aromatic heterocycles. The van der Waals surface area contributed by atoms with Gasteiger partial charge in [-0.25, -0.2) is 0 Å². The predicted octanol–water partition coefficient (Wildman–Crippen LogP) is 1.65. The van der Waals surface area contributed by atoms with E-state index in [9.17, 15) is 5.11 Å². The number of aliphatic hydroxyl groups excluding tert-OH is 1. The molecule has 3 N–H and O–H groups in total. The molecule has 0 aliphatic carbocycles. The maximum absolute atomic E-state index is 9.51. The Hall–Kier alpha value is -1.36. The number of aliphatic hydroxyl groups is 1. The molecule has 0 fully saturated rings. The molecule has 0 radical (unpaired) electrons. The highest BCUT2D eigenvalue weighted by Gasteiger charge is 2.04. The van der Waals surface area contributed by atoms with Crippen molar-refractivity contribution >= 4 is 10.9 Å². The molecule has 1 aromatic carbocycles. The van der Waals surface area contributed by atoms with E-state index in [0.717, 1.165) is 18.6 Å². The minimum Gasteiger partial charge on any atom is -0.391 e. The van der Waals surface area contributed by atoms with E-state index >= 15 is 0 Å². The SMILES string of the molecule is COCC(O)CCNCc1c[nH]c2ccccc12. The van der Waals surface area contributed by atoms with Crippen molar-refractivity contribution in [3.63, 3.8) is 0 Å². The number of aromatic amines is 1. The van der Waals surface area contributed by atoms with Gasteiger partial charge >= 0.3 is 0 Å². The van der Waals surface area contributed by atoms with Crippen LogP contribution in [-0.4, -0.2) is 36.5 Å². The van der Waals surface area contributed by atoms with Gasteiger partial charge in [-0.1, -0.05) is 18.2 Å². The highest BCUT2D eigenvalue weighted by atomic mass is 16.5. The van der Waals surface area contributed by atoms with E-state index < -0.39 is 0 Å². The van der Waals surface area contributed by atoms with E-state index in [1.807, 2.05) is 18.3 Å². The number of rotatable bonds is 7. The smallest absolute Gasteiger partial charge is 0.0785 e. The maximum atomic E-state index is 9.51. The summed E-state index contributed by atoms with van der Waals surface area (Å²) in [5.74, 6) is 0. The lowest BCUT2D eigenvalue weighted by Gasteiger charge is -2.09. The van der Waals surface area contributed by atoms with Crippen molar-refractivity contribution in [2.75, 3.05) is 20.3 Å². The maximum Gasteiger partial charge on any atom is 0.0785 e. The summed E-state index contributed by atoms with van der Waals surface area (Å²) in [6.45, 7) is 1.99. The first kappa shape index (κ1) is 13.1. The fourth-order valence-electron chi connectivity index (χ4n) is 2.05. The van der Waals surface area contributed by atoms with Gasteiger partial charge < -0.3 is 20.1 Å². The molecule has 2 rings (SSSR count). The first-order chi connectivity index (χ1) is 8.81. The quantitative estimate of drug-likeness (QED) is 0.653. The van der Waals surface area contributed by atoms with Crippen LogP contribution in [0.25, 0.3) is 10.9 Å². The molecular weight excluding hydrogens is 228 g/mol. The van der Waals surface area contributed by atoms with Crippen LogP contribution in [0.2, 0.25) is 0 Å². The van der Waals surface area contributed by atoms with E-state index in [4.69, 9.17) is 4.74 Å². The Morgan fingerprint density at radius 2 is 2.22 bits per heavy atom. The lowest BCUT2D eigenvalue weighted by molar-refractivity contribution is 0.0594. The fraction of sp³-hybridized carbons (Fsp3) is 0.429. The molecule has 98 valence electrons. The topological polar surface area (TPSA) is 57.3 Å². The standard InChI is InChI=1S/C14H20N2O2/c1-18-10-12(17)6-7-15-8-11-9-16-14-5-3-2-4-13(11)14/h2-5,9,12,15-17H,6-8,10H2,1H3. The molecule has 0 saturated carbocycles. The molecule has 1 heterocycles. The average Bonchev–Trinajstić information content (AvgIpc) is 2.78. The molecule has 0 aliphatic heterocycles. The molecule has 0 amide bonds. The van der Waals surface area contributed by atoms with Crippen molar-refractivity contribution in [1.29, 1.82) is 0 Å². The Morgan fingerprint density at radius 1 is 1.39 bits per heavy atom. The van der Waals surface area contributed by atoms with Gasteiger partial charge in [0.1, 0.15) is 0 Å². The van der Waals surface area contributed by atoms with Crippen molar-refractivity contribution < 1.29 is 9.84 Å². The summed E-state index contributed by atoms with van der Waals surface area (Å²) < 4.78 is 4.88. The summed E-state index contributed by atoms with van der Waals surface area (Å²) in [5.41, 5.74) is 2.42. The number of H-pyrrole nitrogens is 1. The van der Waals surface area contributed by atoms with Crippen LogP contribution in [0.4, 0.5) is 0 Å². The second-order valence-corrected chi connectivity index (χ2v) is 4.43. The van der Waals surface area contributed by atoms with Gasteiger partial charge in [0, 0.05) is 30.8 Å². The van der Waals surface area contributed by atoms with E-state index in [-0.39, 0.29) is 6.10 Å². The van der Waals surface area contributed by atoms with Crippen molar-refractivity contribution in [1.82, 2.24) is 10.3 Å². The summed E-state index contributed by atoms with van der Waals surface area (Å²) in [6, 6.07) is 8.25. The third-order valence-corrected chi connectivity index (χ3v) is 3.00. The minimum atomic E-state index is -0.384. The number of nitrogens with one attached hydrogen (secondary N) is 2. The van der Waals surface area contributed by atoms with Gasteiger partial charge in [-0.2, -0.15) is 0 Å². The van der Waals surface area contributed by atoms with E-state index in [2.05, 4.69) is 22.4 Å². The molecule has 1 unspecified atom stereocenters. The summed E-state index contributed by atoms with van der Waals surface area (Å²) in [4.78, 5) is 3.25. The highest BCUT2D eigenvalue weighted by Crippen LogP contribution is 2.17. The highest BCUT2D eigenvalue weighted by molar-refractivity contribution is 5.82. The Bertz CT molecular complexity index is 481. The van der Waals surface area contributed by atoms with E-state index in [0.29, 0.717) is 13.0 Å². The largest absolute Gasteiger partial charge is 0.391 e. The zero-order valence-corrected chi connectivity index (χ0v) is 10.6. The molecule has 4 nitrogen and oxygen atoms in total. The molecular formula is C14H20N2O2. The lowest BCUT2D eigenvalue weighted by Crippen LogP contribution is -2.22. The van der Waals surface area contributed by atoms with E-state index in [1.165, 1.54) is 10.9 Å². The van der Waals surface area contributed by atoms with Gasteiger partial charge in [0.25, 0.3) is 0 Å². The van der Waals surface area contributed by atoms with Crippen LogP contribution in [0, 0.1) is 0 Å². The molecule has 0 aliphatic rings. The molecule has 0 spiro atoms. The van der Waals surface area contributed by atoms with Gasteiger partial charge in [0.05, 0.1) is 12.7 Å². The van der Waals surface area contributed by atoms with Gasteiger partial charge in [-0.3, -0.25) is 0 Å². The van der Waals surface area contributed by atoms with Crippen LogP contribution < -0.4 is 5.32 Å². The number of fused-ring (bicyclic) bond motifs is 1. The Labute approximate surface area is 107 Å². The number of para-hydroxylation sites is 1. The number of aromatic nitrogens is 1. The molecule has 2 aromatic rings. The van der Waals surface area contributed by atoms with Crippen molar-refractivity contribution in [3.05, 3.63) is 36.0 Å². The van der Waals surface area contributed by atoms with Crippen LogP contribution in [0.5, 0.6) is 0 Å². The average molecular weight is 248 g/mol. The molecule has 4 heteroatoms. The number of methoxy groups -OCH3 is 1. The summed E-state index contributed by atoms with van der Waals surface area (Å²) in [7, 11) is 1.60. The van der Waals surface area contributed by atoms with Gasteiger partial charge in [-0.15, -0.1) is 0 Å². The normalized spacial score (nSPS) is 13.0. The van der Waals surface area contributed by atoms with Crippen LogP contribution in [0.1, 0.15) is 12.0 Å². The summed E-state index contributed by atoms with van der Waals surface area (Å²) in [5, 5.41) is 14.1. The Kier molecular flexibility index (Phi) is 4.75. The van der Waals surface area contributed by atoms with Gasteiger partial charge in [-0.05, 0) is 24.6 Å². The summed E-state index contributed by atoms with van der Waals surface area (Å²) >= 11 is 0. The third kappa shape index (κ3) is 3.32. The monoisotopic (exact) mass is 248 g/mol. The molecule has 1 atom stereocenters. The number of hydrogen-bond acceptors (Lipinski definition) is 3. The second kappa shape index (κ2) is 6.54. The van der Waals surface area contributed by atoms with Gasteiger partial charge in [0.2, 0.25) is 0 Å². The zero-order chi connectivity index (χ0) is 12.8. The Morgan fingerprint density at radius 3 is 3.06 bits per heavy atom. The zero-order valence-electron chi connectivity index (χ0n) is 10.6. The van der Waals surface area contributed by atoms with Crippen LogP contribution in [0.15, 0.2) is 30.5 Å². The fourth-order valence-corrected chi connectivity index (χ4v) is 2.05. The van der Waals surface area contributed by atoms with Crippen LogP contribution >= 0.6 is 0 Å². The lowest BCUT2D eigenvalue weighted by atomic mass is 10.2. The number of ether oxygens (including phenoxy) is 1. The predicted molar refractivity (Wildman–Crippen MR) is 72.5 cm³/mol. The van der Waals surface area contributed by atoms with Crippen molar-refractivity contribution in [3.8, 4) is 0 Å². The van der Waals surface area contributed by atoms with Crippen LogP contribution in [-0.2, 0) is 11.3 Å². The first-order valence-corrected chi connectivity index (χ1v) is 6.24. The summed E-state index contributed by atoms with van der Waals surface area (Å²) in [6.07, 6.45) is 2.35. The third-order valence-electron chi connectivity index (χ3n) is 3.00. The Balaban J connectivity index is 1.80.